The second-order valence-electron chi connectivity index (χ2n) is 7.24. The molecule has 2 heterocycles. The van der Waals surface area contributed by atoms with Crippen LogP contribution >= 0.6 is 11.3 Å². The molecule has 2 aromatic carbocycles. The smallest absolute Gasteiger partial charge is 0.309 e. The fourth-order valence-corrected chi connectivity index (χ4v) is 3.78. The molecule has 0 radical (unpaired) electrons. The van der Waals surface area contributed by atoms with E-state index in [4.69, 9.17) is 0 Å². The van der Waals surface area contributed by atoms with Gasteiger partial charge in [0.25, 0.3) is 5.91 Å². The van der Waals surface area contributed by atoms with Crippen LogP contribution in [-0.2, 0) is 0 Å². The maximum absolute atomic E-state index is 12.7. The van der Waals surface area contributed by atoms with E-state index >= 15 is 0 Å². The number of carbonyl (C=O) groups excluding carboxylic acids is 2. The third-order valence-corrected chi connectivity index (χ3v) is 5.55. The monoisotopic (exact) mass is 445 g/mol. The summed E-state index contributed by atoms with van der Waals surface area (Å²) in [6.45, 7) is 0. The van der Waals surface area contributed by atoms with Crippen LogP contribution in [0.25, 0.3) is 17.1 Å². The van der Waals surface area contributed by atoms with Gasteiger partial charge in [0.2, 0.25) is 5.82 Å². The van der Waals surface area contributed by atoms with Crippen LogP contribution in [0, 0.1) is 0 Å². The Bertz CT molecular complexity index is 1190. The molecule has 0 aliphatic heterocycles. The van der Waals surface area contributed by atoms with E-state index in [1.807, 2.05) is 60.7 Å². The third kappa shape index (κ3) is 4.35. The molecule has 3 N–H and O–H groups in total. The Hall–Kier alpha value is -4.05. The number of hydrogen-bond donors (Lipinski definition) is 3. The second kappa shape index (κ2) is 8.60. The Labute approximate surface area is 187 Å². The van der Waals surface area contributed by atoms with E-state index < -0.39 is 11.8 Å². The number of nitrogens with zero attached hydrogens (tertiary/aromatic N) is 4. The summed E-state index contributed by atoms with van der Waals surface area (Å²) < 4.78 is 1.60. The van der Waals surface area contributed by atoms with Gasteiger partial charge in [-0.3, -0.25) is 20.4 Å². The van der Waals surface area contributed by atoms with E-state index in [9.17, 15) is 9.59 Å². The fourth-order valence-electron chi connectivity index (χ4n) is 3.01. The number of para-hydroxylation sites is 1. The summed E-state index contributed by atoms with van der Waals surface area (Å²) in [4.78, 5) is 33.7. The van der Waals surface area contributed by atoms with Crippen molar-refractivity contribution in [2.45, 2.75) is 18.9 Å². The number of amides is 2. The minimum atomic E-state index is -0.628. The highest BCUT2D eigenvalue weighted by molar-refractivity contribution is 7.13. The van der Waals surface area contributed by atoms with Crippen LogP contribution in [0.5, 0.6) is 0 Å². The number of thiazole rings is 1. The Kier molecular flexibility index (Phi) is 5.34. The van der Waals surface area contributed by atoms with Gasteiger partial charge in [-0.05, 0) is 25.0 Å². The molecular formula is C22H19N7O2S. The van der Waals surface area contributed by atoms with Gasteiger partial charge in [-0.15, -0.1) is 16.4 Å². The molecule has 0 atom stereocenters. The molecule has 1 aliphatic carbocycles. The normalized spacial score (nSPS) is 12.9. The molecule has 4 aromatic rings. The van der Waals surface area contributed by atoms with Gasteiger partial charge in [-0.25, -0.2) is 14.6 Å². The van der Waals surface area contributed by atoms with E-state index in [2.05, 4.69) is 31.2 Å². The lowest BCUT2D eigenvalue weighted by atomic mass is 10.2. The van der Waals surface area contributed by atoms with E-state index in [1.165, 1.54) is 11.3 Å². The number of hydrogen-bond acceptors (Lipinski definition) is 7. The zero-order valence-corrected chi connectivity index (χ0v) is 17.7. The molecule has 10 heteroatoms. The topological polar surface area (TPSA) is 114 Å². The number of nitrogens with one attached hydrogen (secondary N) is 3. The minimum absolute atomic E-state index is 0.0672. The number of carbonyl (C=O) groups is 2. The summed E-state index contributed by atoms with van der Waals surface area (Å²) in [5.74, 6) is -0.688. The highest BCUT2D eigenvalue weighted by Crippen LogP contribution is 2.26. The quantitative estimate of drug-likeness (QED) is 0.393. The van der Waals surface area contributed by atoms with Crippen LogP contribution in [0.3, 0.4) is 0 Å². The Balaban J connectivity index is 1.32. The standard InChI is InChI=1S/C22H19N7O2S/c30-20(17-13-32-22(24-17)23-15-11-12-15)26-27-21(31)18-25-19(14-7-3-1-4-8-14)29(28-18)16-9-5-2-6-10-16/h1-10,13,15H,11-12H2,(H,23,24)(H,26,30)(H,27,31). The lowest BCUT2D eigenvalue weighted by Gasteiger charge is -2.05. The predicted octanol–water partition coefficient (Wildman–Crippen LogP) is 3.04. The fraction of sp³-hybridized carbons (Fsp3) is 0.136. The highest BCUT2D eigenvalue weighted by atomic mass is 32.1. The zero-order chi connectivity index (χ0) is 21.9. The summed E-state index contributed by atoms with van der Waals surface area (Å²) in [5, 5.41) is 9.94. The molecule has 1 fully saturated rings. The van der Waals surface area contributed by atoms with Crippen molar-refractivity contribution in [1.29, 1.82) is 0 Å². The van der Waals surface area contributed by atoms with Crippen LogP contribution in [0.1, 0.15) is 33.9 Å². The molecule has 0 spiro atoms. The van der Waals surface area contributed by atoms with Crippen molar-refractivity contribution in [1.82, 2.24) is 30.6 Å². The van der Waals surface area contributed by atoms with Crippen molar-refractivity contribution < 1.29 is 9.59 Å². The first kappa shape index (κ1) is 19.9. The number of rotatable bonds is 6. The summed E-state index contributed by atoms with van der Waals surface area (Å²) in [6, 6.07) is 19.3. The first-order valence-corrected chi connectivity index (χ1v) is 11.0. The van der Waals surface area contributed by atoms with Crippen LogP contribution in [0.15, 0.2) is 66.0 Å². The van der Waals surface area contributed by atoms with Gasteiger partial charge in [-0.1, -0.05) is 48.5 Å². The molecule has 0 bridgehead atoms. The van der Waals surface area contributed by atoms with Gasteiger partial charge in [-0.2, -0.15) is 0 Å². The molecule has 2 amide bonds. The van der Waals surface area contributed by atoms with Crippen LogP contribution in [-0.4, -0.2) is 37.6 Å². The Morgan fingerprint density at radius 2 is 1.59 bits per heavy atom. The highest BCUT2D eigenvalue weighted by Gasteiger charge is 2.23. The van der Waals surface area contributed by atoms with Crippen molar-refractivity contribution in [2.24, 2.45) is 0 Å². The van der Waals surface area contributed by atoms with Crippen molar-refractivity contribution in [3.05, 3.63) is 77.6 Å². The molecule has 0 saturated heterocycles. The van der Waals surface area contributed by atoms with Gasteiger partial charge < -0.3 is 5.32 Å². The van der Waals surface area contributed by atoms with Crippen molar-refractivity contribution in [3.8, 4) is 17.1 Å². The Morgan fingerprint density at radius 3 is 2.31 bits per heavy atom. The lowest BCUT2D eigenvalue weighted by Crippen LogP contribution is -2.42. The summed E-state index contributed by atoms with van der Waals surface area (Å²) >= 11 is 1.35. The average Bonchev–Trinajstić information content (AvgIpc) is 3.34. The predicted molar refractivity (Wildman–Crippen MR) is 120 cm³/mol. The minimum Gasteiger partial charge on any atom is -0.359 e. The first-order chi connectivity index (χ1) is 15.7. The van der Waals surface area contributed by atoms with Crippen molar-refractivity contribution >= 4 is 28.3 Å². The van der Waals surface area contributed by atoms with E-state index in [1.54, 1.807) is 10.1 Å². The lowest BCUT2D eigenvalue weighted by molar-refractivity contribution is 0.0839. The molecule has 32 heavy (non-hydrogen) atoms. The molecule has 2 aromatic heterocycles. The van der Waals surface area contributed by atoms with E-state index in [0.29, 0.717) is 17.0 Å². The van der Waals surface area contributed by atoms with Crippen LogP contribution in [0.4, 0.5) is 5.13 Å². The van der Waals surface area contributed by atoms with Gasteiger partial charge in [0.15, 0.2) is 11.0 Å². The molecule has 9 nitrogen and oxygen atoms in total. The summed E-state index contributed by atoms with van der Waals surface area (Å²) in [7, 11) is 0. The van der Waals surface area contributed by atoms with Crippen molar-refractivity contribution in [3.63, 3.8) is 0 Å². The second-order valence-corrected chi connectivity index (χ2v) is 8.10. The van der Waals surface area contributed by atoms with Crippen LogP contribution in [0.2, 0.25) is 0 Å². The van der Waals surface area contributed by atoms with E-state index in [0.717, 1.165) is 24.1 Å². The van der Waals surface area contributed by atoms with Gasteiger partial charge in [0.1, 0.15) is 5.69 Å². The van der Waals surface area contributed by atoms with Crippen LogP contribution < -0.4 is 16.2 Å². The maximum atomic E-state index is 12.7. The molecule has 1 saturated carbocycles. The number of anilines is 1. The largest absolute Gasteiger partial charge is 0.359 e. The molecule has 5 rings (SSSR count). The summed E-state index contributed by atoms with van der Waals surface area (Å²) in [6.07, 6.45) is 2.23. The number of aromatic nitrogens is 4. The van der Waals surface area contributed by atoms with Gasteiger partial charge in [0.05, 0.1) is 5.69 Å². The average molecular weight is 446 g/mol. The third-order valence-electron chi connectivity index (χ3n) is 4.77. The van der Waals surface area contributed by atoms with Crippen molar-refractivity contribution in [2.75, 3.05) is 5.32 Å². The molecule has 160 valence electrons. The molecule has 0 unspecified atom stereocenters. The number of benzene rings is 2. The molecule has 1 aliphatic rings. The number of hydrazine groups is 1. The summed E-state index contributed by atoms with van der Waals surface area (Å²) in [5.41, 5.74) is 6.55. The van der Waals surface area contributed by atoms with Gasteiger partial charge >= 0.3 is 5.91 Å². The maximum Gasteiger partial charge on any atom is 0.309 e. The van der Waals surface area contributed by atoms with E-state index in [-0.39, 0.29) is 11.5 Å². The first-order valence-electron chi connectivity index (χ1n) is 10.1. The van der Waals surface area contributed by atoms with Gasteiger partial charge in [0, 0.05) is 17.0 Å². The Morgan fingerprint density at radius 1 is 0.906 bits per heavy atom. The SMILES string of the molecule is O=C(NNC(=O)c1nc(-c2ccccc2)n(-c2ccccc2)n1)c1csc(NC2CC2)n1. The molecular weight excluding hydrogens is 426 g/mol. The zero-order valence-electron chi connectivity index (χ0n) is 16.9.